The Bertz CT molecular complexity index is 1150. The van der Waals surface area contributed by atoms with Crippen LogP contribution >= 0.6 is 0 Å². The Morgan fingerprint density at radius 2 is 1.84 bits per heavy atom. The van der Waals surface area contributed by atoms with Gasteiger partial charge in [0.1, 0.15) is 23.8 Å². The molecule has 3 rings (SSSR count). The van der Waals surface area contributed by atoms with Crippen LogP contribution in [0.2, 0.25) is 0 Å². The SMILES string of the molecule is CCCCOC[C@@H](NC(=O)O[C@H]1CCOC1)C(=O)N(Cc1cccc(CC)c1)C[C@@H](O)[C@@H](N)Cc1cc(F)cc(F)c1.O=S. The van der Waals surface area contributed by atoms with E-state index >= 15 is 0 Å². The number of rotatable bonds is 16. The Morgan fingerprint density at radius 1 is 1.14 bits per heavy atom. The zero-order valence-electron chi connectivity index (χ0n) is 25.2. The maximum absolute atomic E-state index is 13.9. The summed E-state index contributed by atoms with van der Waals surface area (Å²) in [7, 11) is 0. The fourth-order valence-corrected chi connectivity index (χ4v) is 4.68. The van der Waals surface area contributed by atoms with Gasteiger partial charge in [-0.3, -0.25) is 4.79 Å². The standard InChI is InChI=1S/C31H43F2N3O6.OS/c1-3-5-10-40-20-28(35-31(39)42-26-9-11-41-19-26)30(38)36(17-22-8-6-7-21(4-2)12-22)18-29(37)27(34)15-23-13-24(32)16-25(33)14-23;1-2/h6-8,12-14,16,26-29,37H,3-5,9-11,15,17-20,34H2,1-2H3,(H,35,39);/t26-,27-,28+,29+;/m0./s1. The van der Waals surface area contributed by atoms with Gasteiger partial charge in [-0.1, -0.05) is 44.5 Å². The van der Waals surface area contributed by atoms with Crippen LogP contribution in [0, 0.1) is 11.6 Å². The molecule has 0 bridgehead atoms. The van der Waals surface area contributed by atoms with Crippen molar-refractivity contribution in [2.45, 2.75) is 76.8 Å². The molecule has 2 aromatic carbocycles. The second-order valence-electron chi connectivity index (χ2n) is 10.6. The Hall–Kier alpha value is -3.10. The van der Waals surface area contributed by atoms with Gasteiger partial charge in [0, 0.05) is 38.2 Å². The van der Waals surface area contributed by atoms with E-state index < -0.39 is 47.9 Å². The number of aryl methyl sites for hydroxylation is 1. The molecule has 1 saturated heterocycles. The first-order chi connectivity index (χ1) is 21.2. The number of carbonyl (C=O) groups excluding carboxylic acids is 2. The molecule has 0 unspecified atom stereocenters. The Morgan fingerprint density at radius 3 is 2.48 bits per heavy atom. The largest absolute Gasteiger partial charge is 0.444 e. The first kappa shape index (κ1) is 37.1. The number of hydrogen-bond acceptors (Lipinski definition) is 9. The van der Waals surface area contributed by atoms with Gasteiger partial charge < -0.3 is 35.3 Å². The molecule has 2 amide bonds. The van der Waals surface area contributed by atoms with Gasteiger partial charge in [0.05, 0.1) is 25.9 Å². The maximum atomic E-state index is 13.9. The number of benzene rings is 2. The third-order valence-corrected chi connectivity index (χ3v) is 7.06. The first-order valence-electron chi connectivity index (χ1n) is 14.7. The Labute approximate surface area is 262 Å². The number of nitrogens with one attached hydrogen (secondary N) is 1. The van der Waals surface area contributed by atoms with Gasteiger partial charge in [-0.2, -0.15) is 4.21 Å². The van der Waals surface area contributed by atoms with Crippen molar-refractivity contribution in [3.05, 3.63) is 70.8 Å². The van der Waals surface area contributed by atoms with E-state index in [-0.39, 0.29) is 38.3 Å². The van der Waals surface area contributed by atoms with Crippen molar-refractivity contribution in [2.75, 3.05) is 33.0 Å². The van der Waals surface area contributed by atoms with E-state index in [1.807, 2.05) is 38.1 Å². The van der Waals surface area contributed by atoms with Gasteiger partial charge in [-0.25, -0.2) is 13.6 Å². The molecule has 4 atom stereocenters. The monoisotopic (exact) mass is 639 g/mol. The molecule has 1 aliphatic rings. The number of unbranched alkanes of at least 4 members (excludes halogenated alkanes) is 1. The highest BCUT2D eigenvalue weighted by molar-refractivity contribution is 7.44. The third-order valence-electron chi connectivity index (χ3n) is 7.06. The highest BCUT2D eigenvalue weighted by Crippen LogP contribution is 2.15. The molecule has 10 nitrogen and oxygen atoms in total. The maximum Gasteiger partial charge on any atom is 0.408 e. The quantitative estimate of drug-likeness (QED) is 0.236. The van der Waals surface area contributed by atoms with Gasteiger partial charge in [-0.05, 0) is 48.1 Å². The van der Waals surface area contributed by atoms with E-state index in [1.54, 1.807) is 0 Å². The van der Waals surface area contributed by atoms with E-state index in [0.29, 0.717) is 19.6 Å². The molecule has 0 aromatic heterocycles. The average Bonchev–Trinajstić information content (AvgIpc) is 3.51. The van der Waals surface area contributed by atoms with E-state index in [1.165, 1.54) is 4.90 Å². The van der Waals surface area contributed by atoms with Crippen molar-refractivity contribution in [1.82, 2.24) is 10.2 Å². The lowest BCUT2D eigenvalue weighted by Crippen LogP contribution is -2.54. The minimum absolute atomic E-state index is 0.0131. The van der Waals surface area contributed by atoms with Gasteiger partial charge in [-0.15, -0.1) is 0 Å². The van der Waals surface area contributed by atoms with Crippen molar-refractivity contribution in [2.24, 2.45) is 5.73 Å². The molecule has 1 heterocycles. The number of ether oxygens (including phenoxy) is 3. The number of halogens is 2. The predicted molar refractivity (Wildman–Crippen MR) is 162 cm³/mol. The first-order valence-corrected chi connectivity index (χ1v) is 15.1. The summed E-state index contributed by atoms with van der Waals surface area (Å²) in [6.07, 6.45) is 0.633. The fraction of sp³-hybridized carbons (Fsp3) is 0.548. The number of nitrogens with two attached hydrogens (primary N) is 1. The number of carbonyl (C=O) groups is 2. The number of amides is 2. The molecule has 0 spiro atoms. The topological polar surface area (TPSA) is 140 Å². The minimum Gasteiger partial charge on any atom is -0.444 e. The van der Waals surface area contributed by atoms with Crippen molar-refractivity contribution in [3.8, 4) is 0 Å². The summed E-state index contributed by atoms with van der Waals surface area (Å²) in [5, 5.41) is 13.7. The lowest BCUT2D eigenvalue weighted by Gasteiger charge is -2.31. The zero-order valence-corrected chi connectivity index (χ0v) is 26.0. The molecular formula is C31H43F2N3O7S. The van der Waals surface area contributed by atoms with Crippen LogP contribution in [0.25, 0.3) is 0 Å². The van der Waals surface area contributed by atoms with Crippen molar-refractivity contribution < 1.29 is 41.9 Å². The molecular weight excluding hydrogens is 596 g/mol. The lowest BCUT2D eigenvalue weighted by atomic mass is 10.0. The van der Waals surface area contributed by atoms with E-state index in [4.69, 9.17) is 24.2 Å². The predicted octanol–water partition coefficient (Wildman–Crippen LogP) is 3.15. The number of aliphatic hydroxyl groups excluding tert-OH is 1. The molecule has 244 valence electrons. The molecule has 0 aliphatic carbocycles. The summed E-state index contributed by atoms with van der Waals surface area (Å²) in [4.78, 5) is 28.1. The van der Waals surface area contributed by atoms with Crippen molar-refractivity contribution in [3.63, 3.8) is 0 Å². The van der Waals surface area contributed by atoms with Gasteiger partial charge in [0.15, 0.2) is 12.5 Å². The zero-order chi connectivity index (χ0) is 32.5. The molecule has 4 N–H and O–H groups in total. The smallest absolute Gasteiger partial charge is 0.408 e. The number of aliphatic hydroxyl groups is 1. The second kappa shape index (κ2) is 20.0. The highest BCUT2D eigenvalue weighted by atomic mass is 32.1. The van der Waals surface area contributed by atoms with Gasteiger partial charge >= 0.3 is 6.09 Å². The van der Waals surface area contributed by atoms with Crippen LogP contribution in [0.4, 0.5) is 13.6 Å². The Kier molecular flexibility index (Phi) is 16.9. The second-order valence-corrected chi connectivity index (χ2v) is 10.6. The summed E-state index contributed by atoms with van der Waals surface area (Å²) in [6, 6.07) is 8.76. The van der Waals surface area contributed by atoms with Crippen LogP contribution in [-0.4, -0.2) is 83.5 Å². The lowest BCUT2D eigenvalue weighted by molar-refractivity contribution is -0.137. The van der Waals surface area contributed by atoms with Crippen LogP contribution in [-0.2, 0) is 50.9 Å². The molecule has 44 heavy (non-hydrogen) atoms. The molecule has 0 saturated carbocycles. The van der Waals surface area contributed by atoms with Crippen LogP contribution in [0.5, 0.6) is 0 Å². The summed E-state index contributed by atoms with van der Waals surface area (Å²) in [5.74, 6) is -1.98. The molecule has 1 aliphatic heterocycles. The summed E-state index contributed by atoms with van der Waals surface area (Å²) in [6.45, 7) is 5.07. The molecule has 2 aromatic rings. The van der Waals surface area contributed by atoms with E-state index in [0.717, 1.165) is 48.6 Å². The molecule has 1 fully saturated rings. The van der Waals surface area contributed by atoms with Gasteiger partial charge in [0.25, 0.3) is 0 Å². The van der Waals surface area contributed by atoms with Crippen LogP contribution < -0.4 is 11.1 Å². The highest BCUT2D eigenvalue weighted by Gasteiger charge is 2.31. The number of nitrogens with zero attached hydrogens (tertiary/aromatic N) is 1. The minimum atomic E-state index is -1.24. The summed E-state index contributed by atoms with van der Waals surface area (Å²) in [5.41, 5.74) is 8.43. The van der Waals surface area contributed by atoms with Crippen molar-refractivity contribution >= 4 is 24.5 Å². The third kappa shape index (κ3) is 12.9. The van der Waals surface area contributed by atoms with Crippen LogP contribution in [0.1, 0.15) is 49.8 Å². The normalized spacial score (nSPS) is 16.3. The summed E-state index contributed by atoms with van der Waals surface area (Å²) >= 11 is 2.83. The van der Waals surface area contributed by atoms with Gasteiger partial charge in [0.2, 0.25) is 5.91 Å². The average molecular weight is 640 g/mol. The fourth-order valence-electron chi connectivity index (χ4n) is 4.68. The van der Waals surface area contributed by atoms with Crippen LogP contribution in [0.3, 0.4) is 0 Å². The van der Waals surface area contributed by atoms with Crippen molar-refractivity contribution in [1.29, 1.82) is 0 Å². The Balaban J connectivity index is 0.00000330. The van der Waals surface area contributed by atoms with E-state index in [2.05, 4.69) is 17.9 Å². The van der Waals surface area contributed by atoms with E-state index in [9.17, 15) is 23.5 Å². The number of hydrogen-bond donors (Lipinski definition) is 3. The number of alkyl carbamates (subject to hydrolysis) is 1. The molecule has 0 radical (unpaired) electrons. The van der Waals surface area contributed by atoms with Crippen LogP contribution in [0.15, 0.2) is 42.5 Å². The summed E-state index contributed by atoms with van der Waals surface area (Å²) < 4.78 is 51.7. The molecule has 13 heteroatoms.